The van der Waals surface area contributed by atoms with Crippen LogP contribution in [0, 0.1) is 5.41 Å². The van der Waals surface area contributed by atoms with Crippen molar-refractivity contribution in [3.05, 3.63) is 40.7 Å². The molecule has 0 atom stereocenters. The maximum absolute atomic E-state index is 12.4. The van der Waals surface area contributed by atoms with Gasteiger partial charge < -0.3 is 9.80 Å². The summed E-state index contributed by atoms with van der Waals surface area (Å²) in [5.74, 6) is 1.08. The maximum atomic E-state index is 12.4. The first-order valence-electron chi connectivity index (χ1n) is 8.90. The molecule has 0 bridgehead atoms. The van der Waals surface area contributed by atoms with E-state index in [9.17, 15) is 4.79 Å². The Kier molecular flexibility index (Phi) is 5.82. The van der Waals surface area contributed by atoms with E-state index in [-0.39, 0.29) is 11.3 Å². The van der Waals surface area contributed by atoms with Crippen LogP contribution in [0.15, 0.2) is 24.3 Å². The minimum absolute atomic E-state index is 0.0318. The van der Waals surface area contributed by atoms with Crippen LogP contribution in [0.3, 0.4) is 0 Å². The highest BCUT2D eigenvalue weighted by atomic mass is 35.5. The summed E-state index contributed by atoms with van der Waals surface area (Å²) in [4.78, 5) is 21.2. The molecule has 0 spiro atoms. The minimum atomic E-state index is 0.0318. The second kappa shape index (κ2) is 7.92. The van der Waals surface area contributed by atoms with Gasteiger partial charge in [0.05, 0.1) is 0 Å². The van der Waals surface area contributed by atoms with Crippen LogP contribution in [0.25, 0.3) is 0 Å². The number of amides is 1. The standard InChI is InChI=1S/C19H25ClN4OS/c1-19(2,3)13-17(25)23-8-10-24(11-9-23)18-21-16(22-26-18)12-14-4-6-15(20)7-5-14/h4-7H,8-13H2,1-3H3. The zero-order chi connectivity index (χ0) is 18.7. The van der Waals surface area contributed by atoms with Crippen LogP contribution in [-0.2, 0) is 11.2 Å². The number of benzene rings is 1. The molecule has 3 rings (SSSR count). The highest BCUT2D eigenvalue weighted by Crippen LogP contribution is 2.23. The van der Waals surface area contributed by atoms with E-state index in [0.29, 0.717) is 12.8 Å². The predicted molar refractivity (Wildman–Crippen MR) is 107 cm³/mol. The molecule has 1 aliphatic rings. The van der Waals surface area contributed by atoms with E-state index in [4.69, 9.17) is 11.6 Å². The first kappa shape index (κ1) is 19.1. The lowest BCUT2D eigenvalue weighted by atomic mass is 9.91. The lowest BCUT2D eigenvalue weighted by Gasteiger charge is -2.35. The number of halogens is 1. The van der Waals surface area contributed by atoms with E-state index in [0.717, 1.165) is 47.7 Å². The van der Waals surface area contributed by atoms with Crippen molar-refractivity contribution in [1.29, 1.82) is 0 Å². The Balaban J connectivity index is 1.54. The molecule has 2 aromatic rings. The Morgan fingerprint density at radius 2 is 1.81 bits per heavy atom. The first-order valence-corrected chi connectivity index (χ1v) is 10.0. The van der Waals surface area contributed by atoms with Crippen molar-refractivity contribution in [2.45, 2.75) is 33.6 Å². The summed E-state index contributed by atoms with van der Waals surface area (Å²) in [6.07, 6.45) is 1.30. The Hall–Kier alpha value is -1.66. The average Bonchev–Trinajstić information content (AvgIpc) is 3.04. The molecule has 26 heavy (non-hydrogen) atoms. The lowest BCUT2D eigenvalue weighted by molar-refractivity contribution is -0.133. The molecule has 1 saturated heterocycles. The van der Waals surface area contributed by atoms with E-state index in [1.54, 1.807) is 0 Å². The van der Waals surface area contributed by atoms with Gasteiger partial charge in [-0.15, -0.1) is 0 Å². The quantitative estimate of drug-likeness (QED) is 0.792. The lowest BCUT2D eigenvalue weighted by Crippen LogP contribution is -2.49. The monoisotopic (exact) mass is 392 g/mol. The molecule has 0 radical (unpaired) electrons. The van der Waals surface area contributed by atoms with Gasteiger partial charge >= 0.3 is 0 Å². The van der Waals surface area contributed by atoms with Crippen LogP contribution in [-0.4, -0.2) is 46.3 Å². The Morgan fingerprint density at radius 1 is 1.15 bits per heavy atom. The summed E-state index contributed by atoms with van der Waals surface area (Å²) < 4.78 is 4.49. The number of carbonyl (C=O) groups is 1. The molecule has 0 N–H and O–H groups in total. The molecule has 0 saturated carbocycles. The molecule has 5 nitrogen and oxygen atoms in total. The molecular weight excluding hydrogens is 368 g/mol. The van der Waals surface area contributed by atoms with E-state index in [1.807, 2.05) is 29.2 Å². The maximum Gasteiger partial charge on any atom is 0.223 e. The Labute approximate surface area is 164 Å². The third-order valence-corrected chi connectivity index (χ3v) is 5.38. The van der Waals surface area contributed by atoms with Crippen molar-refractivity contribution in [2.24, 2.45) is 5.41 Å². The largest absolute Gasteiger partial charge is 0.343 e. The van der Waals surface area contributed by atoms with Gasteiger partial charge in [-0.1, -0.05) is 44.5 Å². The summed E-state index contributed by atoms with van der Waals surface area (Å²) in [6, 6.07) is 7.78. The molecule has 1 amide bonds. The van der Waals surface area contributed by atoms with E-state index in [1.165, 1.54) is 11.5 Å². The summed E-state index contributed by atoms with van der Waals surface area (Å²) >= 11 is 7.36. The van der Waals surface area contributed by atoms with Crippen LogP contribution in [0.1, 0.15) is 38.6 Å². The number of carbonyl (C=O) groups excluding carboxylic acids is 1. The van der Waals surface area contributed by atoms with Gasteiger partial charge in [-0.25, -0.2) is 4.98 Å². The molecule has 140 valence electrons. The normalized spacial score (nSPS) is 15.4. The molecule has 0 unspecified atom stereocenters. The van der Waals surface area contributed by atoms with Crippen molar-refractivity contribution in [2.75, 3.05) is 31.1 Å². The predicted octanol–water partition coefficient (Wildman–Crippen LogP) is 3.87. The van der Waals surface area contributed by atoms with Crippen LogP contribution >= 0.6 is 23.1 Å². The van der Waals surface area contributed by atoms with Gasteiger partial charge in [-0.2, -0.15) is 4.37 Å². The zero-order valence-electron chi connectivity index (χ0n) is 15.5. The van der Waals surface area contributed by atoms with Gasteiger partial charge in [0.15, 0.2) is 0 Å². The average molecular weight is 393 g/mol. The van der Waals surface area contributed by atoms with Crippen molar-refractivity contribution in [3.8, 4) is 0 Å². The fraction of sp³-hybridized carbons (Fsp3) is 0.526. The van der Waals surface area contributed by atoms with Gasteiger partial charge in [-0.05, 0) is 23.1 Å². The van der Waals surface area contributed by atoms with Crippen molar-refractivity contribution < 1.29 is 4.79 Å². The molecule has 0 aliphatic carbocycles. The summed E-state index contributed by atoms with van der Waals surface area (Å²) in [5.41, 5.74) is 1.18. The second-order valence-corrected chi connectivity index (χ2v) is 9.07. The third-order valence-electron chi connectivity index (χ3n) is 4.32. The zero-order valence-corrected chi connectivity index (χ0v) is 17.1. The van der Waals surface area contributed by atoms with Gasteiger partial charge in [0.2, 0.25) is 11.0 Å². The molecular formula is C19H25ClN4OS. The van der Waals surface area contributed by atoms with E-state index < -0.39 is 0 Å². The van der Waals surface area contributed by atoms with Gasteiger partial charge in [0, 0.05) is 55.6 Å². The molecule has 1 aromatic heterocycles. The van der Waals surface area contributed by atoms with Crippen LogP contribution in [0.5, 0.6) is 0 Å². The van der Waals surface area contributed by atoms with Crippen molar-refractivity contribution in [1.82, 2.24) is 14.3 Å². The Morgan fingerprint density at radius 3 is 2.42 bits per heavy atom. The fourth-order valence-electron chi connectivity index (χ4n) is 2.94. The topological polar surface area (TPSA) is 49.3 Å². The number of anilines is 1. The number of rotatable bonds is 4. The van der Waals surface area contributed by atoms with Crippen LogP contribution < -0.4 is 4.90 Å². The van der Waals surface area contributed by atoms with Gasteiger partial charge in [0.25, 0.3) is 0 Å². The van der Waals surface area contributed by atoms with Crippen LogP contribution in [0.2, 0.25) is 5.02 Å². The number of aromatic nitrogens is 2. The van der Waals surface area contributed by atoms with E-state index in [2.05, 4.69) is 35.0 Å². The molecule has 1 aromatic carbocycles. The summed E-state index contributed by atoms with van der Waals surface area (Å²) in [6.45, 7) is 9.43. The highest BCUT2D eigenvalue weighted by Gasteiger charge is 2.26. The summed E-state index contributed by atoms with van der Waals surface area (Å²) in [7, 11) is 0. The summed E-state index contributed by atoms with van der Waals surface area (Å²) in [5, 5.41) is 1.68. The van der Waals surface area contributed by atoms with Gasteiger partial charge in [0.1, 0.15) is 5.82 Å². The number of nitrogens with zero attached hydrogens (tertiary/aromatic N) is 4. The molecule has 1 fully saturated rings. The fourth-order valence-corrected chi connectivity index (χ4v) is 3.81. The smallest absolute Gasteiger partial charge is 0.223 e. The van der Waals surface area contributed by atoms with Crippen molar-refractivity contribution in [3.63, 3.8) is 0 Å². The molecule has 2 heterocycles. The van der Waals surface area contributed by atoms with Crippen molar-refractivity contribution >= 4 is 34.2 Å². The molecule has 1 aliphatic heterocycles. The van der Waals surface area contributed by atoms with E-state index >= 15 is 0 Å². The number of hydrogen-bond donors (Lipinski definition) is 0. The SMILES string of the molecule is CC(C)(C)CC(=O)N1CCN(c2nc(Cc3ccc(Cl)cc3)ns2)CC1. The third kappa shape index (κ3) is 5.17. The second-order valence-electron chi connectivity index (χ2n) is 7.90. The minimum Gasteiger partial charge on any atom is -0.343 e. The Bertz CT molecular complexity index is 746. The van der Waals surface area contributed by atoms with Crippen LogP contribution in [0.4, 0.5) is 5.13 Å². The highest BCUT2D eigenvalue weighted by molar-refractivity contribution is 7.09. The molecule has 7 heteroatoms. The first-order chi connectivity index (χ1) is 12.3. The number of piperazine rings is 1. The van der Waals surface area contributed by atoms with Gasteiger partial charge in [-0.3, -0.25) is 4.79 Å². The number of hydrogen-bond acceptors (Lipinski definition) is 5.